The van der Waals surface area contributed by atoms with Crippen molar-refractivity contribution in [3.63, 3.8) is 0 Å². The predicted molar refractivity (Wildman–Crippen MR) is 238 cm³/mol. The Kier molecular flexibility index (Phi) is 13.1. The van der Waals surface area contributed by atoms with Crippen molar-refractivity contribution >= 4 is 39.7 Å². The summed E-state index contributed by atoms with van der Waals surface area (Å²) >= 11 is 0. The number of carbonyl (C=O) groups is 5. The number of piperidine rings is 1. The molecule has 4 aliphatic carbocycles. The monoisotopic (exact) mass is 886 g/mol. The van der Waals surface area contributed by atoms with Crippen LogP contribution in [-0.4, -0.2) is 114 Å². The Bertz CT molecular complexity index is 1850. The van der Waals surface area contributed by atoms with E-state index >= 15 is 4.79 Å². The van der Waals surface area contributed by atoms with E-state index in [9.17, 15) is 27.6 Å². The summed E-state index contributed by atoms with van der Waals surface area (Å²) < 4.78 is 30.3. The van der Waals surface area contributed by atoms with Crippen LogP contribution in [0.25, 0.3) is 0 Å². The molecular weight excluding hydrogens is 807 g/mol. The Hall–Kier alpha value is -2.78. The lowest BCUT2D eigenvalue weighted by Crippen LogP contribution is -2.63. The number of amides is 5. The van der Waals surface area contributed by atoms with Gasteiger partial charge >= 0.3 is 10.2 Å². The molecule has 5 amide bonds. The topological polar surface area (TPSA) is 177 Å². The van der Waals surface area contributed by atoms with Crippen molar-refractivity contribution in [2.45, 2.75) is 201 Å². The molecule has 0 bridgehead atoms. The smallest absolute Gasteiger partial charge is 0.303 e. The van der Waals surface area contributed by atoms with Gasteiger partial charge in [-0.25, -0.2) is 4.72 Å². The van der Waals surface area contributed by atoms with E-state index < -0.39 is 51.1 Å². The summed E-state index contributed by atoms with van der Waals surface area (Å²) in [6, 6.07) is -2.87. The lowest BCUT2D eigenvalue weighted by atomic mass is 9.73. The molecule has 0 radical (unpaired) electrons. The van der Waals surface area contributed by atoms with Crippen molar-refractivity contribution in [3.05, 3.63) is 0 Å². The van der Waals surface area contributed by atoms with Crippen LogP contribution in [0.4, 0.5) is 0 Å². The minimum Gasteiger partial charge on any atom is -0.343 e. The van der Waals surface area contributed by atoms with Gasteiger partial charge in [-0.15, -0.1) is 0 Å². The number of hydrogen-bond acceptors (Lipinski definition) is 8. The maximum Gasteiger partial charge on any atom is 0.303 e. The molecule has 7 aliphatic rings. The van der Waals surface area contributed by atoms with Crippen LogP contribution in [0.2, 0.25) is 0 Å². The van der Waals surface area contributed by atoms with Gasteiger partial charge in [0.2, 0.25) is 23.6 Å². The Morgan fingerprint density at radius 3 is 1.94 bits per heavy atom. The van der Waals surface area contributed by atoms with Crippen molar-refractivity contribution in [2.75, 3.05) is 26.2 Å². The summed E-state index contributed by atoms with van der Waals surface area (Å²) in [5.41, 5.74) is -2.65. The molecule has 350 valence electrons. The number of carbonyl (C=O) groups excluding carboxylic acids is 5. The number of hydrogen-bond donors (Lipinski definition) is 4. The third-order valence-electron chi connectivity index (χ3n) is 17.2. The first-order valence-corrected chi connectivity index (χ1v) is 25.8. The summed E-state index contributed by atoms with van der Waals surface area (Å²) in [5, 5.41) is 9.50. The first-order chi connectivity index (χ1) is 29.0. The summed E-state index contributed by atoms with van der Waals surface area (Å²) in [6.07, 6.45) is 13.3. The zero-order valence-electron chi connectivity index (χ0n) is 39.4. The number of rotatable bonds is 14. The Balaban J connectivity index is 1.16. The van der Waals surface area contributed by atoms with Crippen molar-refractivity contribution < 1.29 is 32.4 Å². The zero-order valence-corrected chi connectivity index (χ0v) is 40.2. The normalized spacial score (nSPS) is 32.0. The van der Waals surface area contributed by atoms with E-state index in [2.05, 4.69) is 53.3 Å². The Morgan fingerprint density at radius 2 is 1.37 bits per heavy atom. The predicted octanol–water partition coefficient (Wildman–Crippen LogP) is 5.02. The van der Waals surface area contributed by atoms with E-state index in [4.69, 9.17) is 0 Å². The second kappa shape index (κ2) is 17.2. The van der Waals surface area contributed by atoms with Gasteiger partial charge in [0.05, 0.1) is 6.04 Å². The largest absolute Gasteiger partial charge is 0.343 e. The lowest BCUT2D eigenvalue weighted by Gasteiger charge is -2.40. The van der Waals surface area contributed by atoms with Gasteiger partial charge in [0, 0.05) is 31.1 Å². The van der Waals surface area contributed by atoms with Gasteiger partial charge in [0.1, 0.15) is 23.7 Å². The average molecular weight is 886 g/mol. The van der Waals surface area contributed by atoms with Crippen LogP contribution >= 0.6 is 0 Å². The molecule has 3 aliphatic heterocycles. The summed E-state index contributed by atoms with van der Waals surface area (Å²) in [4.78, 5) is 77.4. The molecule has 4 saturated carbocycles. The highest BCUT2D eigenvalue weighted by Crippen LogP contribution is 2.88. The molecule has 15 heteroatoms. The first-order valence-electron chi connectivity index (χ1n) is 24.3. The molecule has 62 heavy (non-hydrogen) atoms. The lowest BCUT2D eigenvalue weighted by molar-refractivity contribution is -0.145. The highest BCUT2D eigenvalue weighted by atomic mass is 32.2. The van der Waals surface area contributed by atoms with Gasteiger partial charge in [-0.2, -0.15) is 12.7 Å². The molecule has 14 nitrogen and oxygen atoms in total. The molecule has 2 spiro atoms. The molecule has 3 heterocycles. The molecule has 0 aromatic carbocycles. The van der Waals surface area contributed by atoms with E-state index in [-0.39, 0.29) is 63.8 Å². The summed E-state index contributed by atoms with van der Waals surface area (Å²) in [5.74, 6) is -2.15. The highest BCUT2D eigenvalue weighted by molar-refractivity contribution is 7.87. The van der Waals surface area contributed by atoms with Gasteiger partial charge in [-0.1, -0.05) is 80.6 Å². The molecular formula is C47H79N7O7S. The quantitative estimate of drug-likeness (QED) is 0.188. The minimum atomic E-state index is -4.09. The van der Waals surface area contributed by atoms with E-state index in [1.807, 2.05) is 34.6 Å². The van der Waals surface area contributed by atoms with E-state index in [0.717, 1.165) is 90.0 Å². The third-order valence-corrected chi connectivity index (χ3v) is 18.7. The number of nitrogens with zero attached hydrogens (tertiary/aromatic N) is 3. The van der Waals surface area contributed by atoms with Crippen LogP contribution in [0, 0.1) is 39.4 Å². The van der Waals surface area contributed by atoms with Crippen LogP contribution in [0.1, 0.15) is 165 Å². The third kappa shape index (κ3) is 8.34. The number of likely N-dealkylation sites (tertiary alicyclic amines) is 2. The maximum absolute atomic E-state index is 15.4. The first kappa shape index (κ1) is 47.2. The molecule has 7 fully saturated rings. The van der Waals surface area contributed by atoms with Crippen molar-refractivity contribution in [2.24, 2.45) is 39.4 Å². The van der Waals surface area contributed by atoms with Crippen LogP contribution in [0.3, 0.4) is 0 Å². The minimum absolute atomic E-state index is 0.00792. The van der Waals surface area contributed by atoms with Crippen molar-refractivity contribution in [1.82, 2.24) is 34.8 Å². The van der Waals surface area contributed by atoms with E-state index in [0.29, 0.717) is 38.9 Å². The van der Waals surface area contributed by atoms with Crippen molar-refractivity contribution in [1.29, 1.82) is 0 Å². The van der Waals surface area contributed by atoms with Gasteiger partial charge in [-0.05, 0) is 125 Å². The van der Waals surface area contributed by atoms with Crippen LogP contribution in [0.5, 0.6) is 0 Å². The van der Waals surface area contributed by atoms with Crippen LogP contribution in [-0.2, 0) is 34.2 Å². The SMILES string of the molecule is CC(C)C[C@@H]1C[C@]1(NC(=O)[C@@H]1C[C@@]2(CN1C(=O)[C@@H](NC(=O)[C@@H](NC(=O)[C@@H]1CCCCN1C(C)C)C1CCCCC1)C(C)(C)C)C(C)(C)C21CCC1)C(=O)NS(=O)(=O)N1CCCC1. The van der Waals surface area contributed by atoms with Crippen LogP contribution < -0.4 is 20.7 Å². The van der Waals surface area contributed by atoms with Crippen molar-refractivity contribution in [3.8, 4) is 0 Å². The van der Waals surface area contributed by atoms with Gasteiger partial charge < -0.3 is 20.9 Å². The summed E-state index contributed by atoms with van der Waals surface area (Å²) in [7, 11) is -4.09. The van der Waals surface area contributed by atoms with Gasteiger partial charge in [0.15, 0.2) is 0 Å². The maximum atomic E-state index is 15.4. The fraction of sp³-hybridized carbons (Fsp3) is 0.894. The fourth-order valence-electron chi connectivity index (χ4n) is 13.3. The summed E-state index contributed by atoms with van der Waals surface area (Å²) in [6.45, 7) is 20.4. The van der Waals surface area contributed by atoms with Gasteiger partial charge in [-0.3, -0.25) is 28.9 Å². The Morgan fingerprint density at radius 1 is 0.742 bits per heavy atom. The van der Waals surface area contributed by atoms with E-state index in [1.165, 1.54) is 4.31 Å². The second-order valence-corrected chi connectivity index (χ2v) is 24.6. The molecule has 7 atom stereocenters. The zero-order chi connectivity index (χ0) is 45.2. The second-order valence-electron chi connectivity index (χ2n) is 22.9. The number of fused-ring (bicyclic) bond motifs is 1. The van der Waals surface area contributed by atoms with Gasteiger partial charge in [0.25, 0.3) is 5.91 Å². The molecule has 4 N–H and O–H groups in total. The number of nitrogens with one attached hydrogen (secondary N) is 4. The average Bonchev–Trinajstić information content (AvgIpc) is 3.63. The van der Waals surface area contributed by atoms with Crippen LogP contribution in [0.15, 0.2) is 0 Å². The standard InChI is InChI=1S/C47H79N7O7S/c1-30(2)26-33-27-47(33,42(59)51-62(60,61)52-23-15-16-24-52)50-39(56)35-28-46(44(8,9)45(46)21-17-22-45)29-54(35)41(58)37(43(5,6)7)49-40(57)36(32-18-11-10-12-19-32)48-38(55)34-20-13-14-25-53(34)31(3)4/h30-37H,10-29H2,1-9H3,(H,48,55)(H,49,57)(H,50,56)(H,51,59)/t33-,34+,35+,36+,37-,46-,47-/m1/s1. The van der Waals surface area contributed by atoms with E-state index in [1.54, 1.807) is 4.90 Å². The molecule has 7 rings (SSSR count). The molecule has 0 aromatic heterocycles. The molecule has 3 saturated heterocycles. The highest BCUT2D eigenvalue weighted by Gasteiger charge is 2.85. The Labute approximate surface area is 372 Å². The molecule has 0 aromatic rings. The fourth-order valence-corrected chi connectivity index (χ4v) is 14.5. The molecule has 0 unspecified atom stereocenters.